The predicted molar refractivity (Wildman–Crippen MR) is 72.8 cm³/mol. The van der Waals surface area contributed by atoms with Crippen LogP contribution in [0.15, 0.2) is 28.0 Å². The summed E-state index contributed by atoms with van der Waals surface area (Å²) in [5, 5.41) is 0.700. The minimum Gasteiger partial charge on any atom is -0.309 e. The van der Waals surface area contributed by atoms with Crippen molar-refractivity contribution in [1.29, 1.82) is 0 Å². The summed E-state index contributed by atoms with van der Waals surface area (Å²) in [4.78, 5) is 18.2. The van der Waals surface area contributed by atoms with Gasteiger partial charge >= 0.3 is 5.69 Å². The lowest BCUT2D eigenvalue weighted by molar-refractivity contribution is 0.507. The smallest absolute Gasteiger partial charge is 0.309 e. The molecule has 0 amide bonds. The summed E-state index contributed by atoms with van der Waals surface area (Å²) < 4.78 is 26.0. The lowest BCUT2D eigenvalue weighted by atomic mass is 10.2. The molecule has 0 atom stereocenters. The van der Waals surface area contributed by atoms with Crippen molar-refractivity contribution in [3.63, 3.8) is 0 Å². The molecule has 0 radical (unpaired) electrons. The molecule has 0 saturated heterocycles. The second-order valence-electron chi connectivity index (χ2n) is 4.69. The summed E-state index contributed by atoms with van der Waals surface area (Å²) in [6.45, 7) is 0. The second kappa shape index (κ2) is 5.36. The van der Waals surface area contributed by atoms with Crippen molar-refractivity contribution >= 4 is 11.8 Å². The maximum Gasteiger partial charge on any atom is 0.346 e. The SMILES string of the molecule is O=c1nc(SCc2ccc(F)c(F)c2)c2c([nH]1)CCC2. The Morgan fingerprint density at radius 2 is 2.10 bits per heavy atom. The van der Waals surface area contributed by atoms with Crippen LogP contribution in [0.2, 0.25) is 0 Å². The van der Waals surface area contributed by atoms with Crippen LogP contribution < -0.4 is 5.69 Å². The number of thioether (sulfide) groups is 1. The van der Waals surface area contributed by atoms with E-state index in [1.165, 1.54) is 17.8 Å². The van der Waals surface area contributed by atoms with Gasteiger partial charge in [0.2, 0.25) is 0 Å². The molecule has 20 heavy (non-hydrogen) atoms. The first-order valence-corrected chi connectivity index (χ1v) is 7.31. The number of hydrogen-bond acceptors (Lipinski definition) is 3. The largest absolute Gasteiger partial charge is 0.346 e. The van der Waals surface area contributed by atoms with Gasteiger partial charge in [0.15, 0.2) is 11.6 Å². The predicted octanol–water partition coefficient (Wildman–Crippen LogP) is 2.83. The highest BCUT2D eigenvalue weighted by atomic mass is 32.2. The number of halogens is 2. The fraction of sp³-hybridized carbons (Fsp3) is 0.286. The minimum absolute atomic E-state index is 0.349. The van der Waals surface area contributed by atoms with Crippen LogP contribution in [0.5, 0.6) is 0 Å². The first-order valence-electron chi connectivity index (χ1n) is 6.32. The molecule has 1 N–H and O–H groups in total. The molecule has 0 bridgehead atoms. The summed E-state index contributed by atoms with van der Waals surface area (Å²) in [6.07, 6.45) is 2.78. The molecule has 2 aromatic rings. The third kappa shape index (κ3) is 2.60. The Kier molecular flexibility index (Phi) is 3.56. The van der Waals surface area contributed by atoms with E-state index in [1.54, 1.807) is 6.07 Å². The van der Waals surface area contributed by atoms with E-state index in [4.69, 9.17) is 0 Å². The molecule has 1 aromatic carbocycles. The van der Waals surface area contributed by atoms with Crippen LogP contribution in [-0.2, 0) is 18.6 Å². The number of H-pyrrole nitrogens is 1. The molecule has 1 heterocycles. The monoisotopic (exact) mass is 294 g/mol. The van der Waals surface area contributed by atoms with Gasteiger partial charge in [-0.05, 0) is 37.0 Å². The summed E-state index contributed by atoms with van der Waals surface area (Å²) in [5.74, 6) is -1.25. The number of nitrogens with one attached hydrogen (secondary N) is 1. The first-order chi connectivity index (χ1) is 9.63. The molecule has 0 unspecified atom stereocenters. The Morgan fingerprint density at radius 1 is 1.25 bits per heavy atom. The third-order valence-corrected chi connectivity index (χ3v) is 4.39. The van der Waals surface area contributed by atoms with Crippen molar-refractivity contribution < 1.29 is 8.78 Å². The van der Waals surface area contributed by atoms with Crippen molar-refractivity contribution in [1.82, 2.24) is 9.97 Å². The van der Waals surface area contributed by atoms with E-state index in [1.807, 2.05) is 0 Å². The van der Waals surface area contributed by atoms with Crippen LogP contribution in [0.25, 0.3) is 0 Å². The highest BCUT2D eigenvalue weighted by Crippen LogP contribution is 2.30. The van der Waals surface area contributed by atoms with Gasteiger partial charge in [-0.15, -0.1) is 11.8 Å². The van der Waals surface area contributed by atoms with E-state index in [0.29, 0.717) is 16.3 Å². The Morgan fingerprint density at radius 3 is 2.90 bits per heavy atom. The van der Waals surface area contributed by atoms with Crippen molar-refractivity contribution in [2.45, 2.75) is 30.0 Å². The maximum atomic E-state index is 13.1. The highest BCUT2D eigenvalue weighted by Gasteiger charge is 2.18. The second-order valence-corrected chi connectivity index (χ2v) is 5.66. The summed E-state index contributed by atoms with van der Waals surface area (Å²) in [5.41, 5.74) is 2.36. The van der Waals surface area contributed by atoms with E-state index in [0.717, 1.165) is 36.6 Å². The van der Waals surface area contributed by atoms with Gasteiger partial charge in [0.05, 0.1) is 0 Å². The van der Waals surface area contributed by atoms with Gasteiger partial charge in [-0.2, -0.15) is 4.98 Å². The van der Waals surface area contributed by atoms with Gasteiger partial charge < -0.3 is 4.98 Å². The number of aryl methyl sites for hydroxylation is 1. The molecule has 0 spiro atoms. The number of fused-ring (bicyclic) bond motifs is 1. The number of aromatic amines is 1. The minimum atomic E-state index is -0.854. The van der Waals surface area contributed by atoms with Crippen LogP contribution in [0, 0.1) is 11.6 Å². The Hall–Kier alpha value is -1.69. The van der Waals surface area contributed by atoms with Crippen molar-refractivity contribution in [3.8, 4) is 0 Å². The lowest BCUT2D eigenvalue weighted by Crippen LogP contribution is -2.14. The van der Waals surface area contributed by atoms with Gasteiger partial charge in [0.25, 0.3) is 0 Å². The van der Waals surface area contributed by atoms with E-state index in [2.05, 4.69) is 9.97 Å². The maximum absolute atomic E-state index is 13.1. The standard InChI is InChI=1S/C14H12F2N2OS/c15-10-5-4-8(6-11(10)16)7-20-13-9-2-1-3-12(9)17-14(19)18-13/h4-6H,1-3,7H2,(H,17,18,19). The average molecular weight is 294 g/mol. The molecule has 3 nitrogen and oxygen atoms in total. The summed E-state index contributed by atoms with van der Waals surface area (Å²) in [6, 6.07) is 3.83. The van der Waals surface area contributed by atoms with Crippen molar-refractivity contribution in [3.05, 3.63) is 57.1 Å². The third-order valence-electron chi connectivity index (χ3n) is 3.30. The zero-order valence-electron chi connectivity index (χ0n) is 10.6. The van der Waals surface area contributed by atoms with Crippen LogP contribution in [0.4, 0.5) is 8.78 Å². The Labute approximate surface area is 118 Å². The van der Waals surface area contributed by atoms with Crippen molar-refractivity contribution in [2.24, 2.45) is 0 Å². The zero-order chi connectivity index (χ0) is 14.1. The quantitative estimate of drug-likeness (QED) is 0.699. The van der Waals surface area contributed by atoms with E-state index in [-0.39, 0.29) is 5.69 Å². The fourth-order valence-corrected chi connectivity index (χ4v) is 3.36. The van der Waals surface area contributed by atoms with Gasteiger partial charge in [0.1, 0.15) is 5.03 Å². The molecule has 3 rings (SSSR count). The number of rotatable bonds is 3. The molecule has 6 heteroatoms. The molecule has 104 valence electrons. The topological polar surface area (TPSA) is 45.8 Å². The number of benzene rings is 1. The highest BCUT2D eigenvalue weighted by molar-refractivity contribution is 7.98. The number of hydrogen-bond donors (Lipinski definition) is 1. The Balaban J connectivity index is 1.82. The molecule has 1 aliphatic carbocycles. The van der Waals surface area contributed by atoms with E-state index < -0.39 is 11.6 Å². The van der Waals surface area contributed by atoms with Crippen LogP contribution in [-0.4, -0.2) is 9.97 Å². The average Bonchev–Trinajstić information content (AvgIpc) is 2.88. The van der Waals surface area contributed by atoms with Gasteiger partial charge in [0, 0.05) is 17.0 Å². The van der Waals surface area contributed by atoms with Crippen LogP contribution in [0.1, 0.15) is 23.2 Å². The lowest BCUT2D eigenvalue weighted by Gasteiger charge is -2.06. The van der Waals surface area contributed by atoms with E-state index >= 15 is 0 Å². The Bertz CT molecular complexity index is 715. The number of aromatic nitrogens is 2. The zero-order valence-corrected chi connectivity index (χ0v) is 11.4. The van der Waals surface area contributed by atoms with Gasteiger partial charge in [-0.1, -0.05) is 6.07 Å². The first kappa shape index (κ1) is 13.3. The summed E-state index contributed by atoms with van der Waals surface area (Å²) in [7, 11) is 0. The van der Waals surface area contributed by atoms with Gasteiger partial charge in [-0.25, -0.2) is 13.6 Å². The van der Waals surface area contributed by atoms with Gasteiger partial charge in [-0.3, -0.25) is 0 Å². The molecule has 0 saturated carbocycles. The van der Waals surface area contributed by atoms with E-state index in [9.17, 15) is 13.6 Å². The molecular weight excluding hydrogens is 282 g/mol. The fourth-order valence-electron chi connectivity index (χ4n) is 2.33. The van der Waals surface area contributed by atoms with Crippen molar-refractivity contribution in [2.75, 3.05) is 0 Å². The molecule has 1 aliphatic rings. The van der Waals surface area contributed by atoms with Crippen LogP contribution in [0.3, 0.4) is 0 Å². The normalized spacial score (nSPS) is 13.5. The molecule has 0 aliphatic heterocycles. The number of nitrogens with zero attached hydrogens (tertiary/aromatic N) is 1. The molecule has 0 fully saturated rings. The van der Waals surface area contributed by atoms with Crippen LogP contribution >= 0.6 is 11.8 Å². The molecular formula is C14H12F2N2OS. The molecule has 1 aromatic heterocycles. The summed E-state index contributed by atoms with van der Waals surface area (Å²) >= 11 is 1.39.